The van der Waals surface area contributed by atoms with Gasteiger partial charge in [-0.1, -0.05) is 18.2 Å². The molecule has 1 saturated heterocycles. The quantitative estimate of drug-likeness (QED) is 0.835. The summed E-state index contributed by atoms with van der Waals surface area (Å²) < 4.78 is 0. The molecule has 5 heteroatoms. The fourth-order valence-electron chi connectivity index (χ4n) is 3.18. The maximum absolute atomic E-state index is 12.4. The average Bonchev–Trinajstić information content (AvgIpc) is 3.40. The van der Waals surface area contributed by atoms with E-state index in [0.29, 0.717) is 6.54 Å². The van der Waals surface area contributed by atoms with Gasteiger partial charge in [0.1, 0.15) is 0 Å². The third-order valence-electron chi connectivity index (χ3n) is 4.98. The Bertz CT molecular complexity index is 590. The molecule has 2 amide bonds. The summed E-state index contributed by atoms with van der Waals surface area (Å²) in [6, 6.07) is 7.78. The fourth-order valence-corrected chi connectivity index (χ4v) is 3.18. The normalized spacial score (nSPS) is 18.5. The molecule has 0 bridgehead atoms. The second kappa shape index (κ2) is 7.79. The molecule has 1 heterocycles. The van der Waals surface area contributed by atoms with Crippen LogP contribution >= 0.6 is 0 Å². The van der Waals surface area contributed by atoms with Crippen molar-refractivity contribution in [3.8, 4) is 0 Å². The minimum atomic E-state index is -0.0102. The molecule has 0 aromatic heterocycles. The summed E-state index contributed by atoms with van der Waals surface area (Å²) in [5.41, 5.74) is 1.73. The average molecular weight is 329 g/mol. The molecule has 1 saturated carbocycles. The zero-order valence-electron chi connectivity index (χ0n) is 14.4. The van der Waals surface area contributed by atoms with Crippen LogP contribution in [0.3, 0.4) is 0 Å². The van der Waals surface area contributed by atoms with Gasteiger partial charge in [0.15, 0.2) is 0 Å². The first-order chi connectivity index (χ1) is 11.6. The first-order valence-corrected chi connectivity index (χ1v) is 8.98. The van der Waals surface area contributed by atoms with Crippen LogP contribution in [0.25, 0.3) is 0 Å². The molecule has 1 aromatic rings. The predicted molar refractivity (Wildman–Crippen MR) is 93.8 cm³/mol. The summed E-state index contributed by atoms with van der Waals surface area (Å²) in [5.74, 6) is 0.962. The molecular weight excluding hydrogens is 302 g/mol. The first kappa shape index (κ1) is 17.0. The van der Waals surface area contributed by atoms with Gasteiger partial charge in [-0.15, -0.1) is 0 Å². The zero-order chi connectivity index (χ0) is 16.9. The van der Waals surface area contributed by atoms with E-state index in [1.807, 2.05) is 36.1 Å². The molecule has 2 fully saturated rings. The Morgan fingerprint density at radius 1 is 1.12 bits per heavy atom. The lowest BCUT2D eigenvalue weighted by molar-refractivity contribution is -0.131. The molecule has 1 aromatic carbocycles. The summed E-state index contributed by atoms with van der Waals surface area (Å²) >= 11 is 0. The number of benzene rings is 1. The highest BCUT2D eigenvalue weighted by atomic mass is 16.2. The molecule has 0 spiro atoms. The molecule has 0 unspecified atom stereocenters. The van der Waals surface area contributed by atoms with E-state index in [0.717, 1.165) is 49.5 Å². The predicted octanol–water partition coefficient (Wildman–Crippen LogP) is 1.72. The van der Waals surface area contributed by atoms with Gasteiger partial charge < -0.3 is 15.5 Å². The summed E-state index contributed by atoms with van der Waals surface area (Å²) in [4.78, 5) is 26.4. The van der Waals surface area contributed by atoms with Gasteiger partial charge in [0.05, 0.1) is 6.54 Å². The van der Waals surface area contributed by atoms with Crippen LogP contribution in [0.4, 0.5) is 0 Å². The standard InChI is InChI=1S/C19H27N3O2/c1-14-4-2-3-5-17(14)19(24)21-16-8-10-22(11-9-16)18(23)13-20-12-15-6-7-15/h2-5,15-16,20H,6-13H2,1H3,(H,21,24). The van der Waals surface area contributed by atoms with Crippen LogP contribution in [0, 0.1) is 12.8 Å². The number of amides is 2. The van der Waals surface area contributed by atoms with Crippen molar-refractivity contribution < 1.29 is 9.59 Å². The van der Waals surface area contributed by atoms with Crippen molar-refractivity contribution in [3.05, 3.63) is 35.4 Å². The third-order valence-corrected chi connectivity index (χ3v) is 4.98. The second-order valence-corrected chi connectivity index (χ2v) is 7.02. The molecule has 5 nitrogen and oxygen atoms in total. The van der Waals surface area contributed by atoms with Gasteiger partial charge in [-0.25, -0.2) is 0 Å². The molecule has 24 heavy (non-hydrogen) atoms. The Morgan fingerprint density at radius 2 is 1.83 bits per heavy atom. The maximum atomic E-state index is 12.4. The van der Waals surface area contributed by atoms with Crippen molar-refractivity contribution >= 4 is 11.8 Å². The fraction of sp³-hybridized carbons (Fsp3) is 0.579. The number of rotatable bonds is 6. The van der Waals surface area contributed by atoms with E-state index in [4.69, 9.17) is 0 Å². The van der Waals surface area contributed by atoms with Crippen LogP contribution < -0.4 is 10.6 Å². The Balaban J connectivity index is 1.40. The highest BCUT2D eigenvalue weighted by molar-refractivity contribution is 5.95. The summed E-state index contributed by atoms with van der Waals surface area (Å²) in [5, 5.41) is 6.36. The Kier molecular flexibility index (Phi) is 5.51. The van der Waals surface area contributed by atoms with E-state index >= 15 is 0 Å². The van der Waals surface area contributed by atoms with E-state index in [1.165, 1.54) is 12.8 Å². The number of piperidine rings is 1. The molecule has 3 rings (SSSR count). The molecule has 0 atom stereocenters. The lowest BCUT2D eigenvalue weighted by atomic mass is 10.0. The van der Waals surface area contributed by atoms with Gasteiger partial charge in [0, 0.05) is 24.7 Å². The van der Waals surface area contributed by atoms with Crippen molar-refractivity contribution in [2.24, 2.45) is 5.92 Å². The number of carbonyl (C=O) groups is 2. The van der Waals surface area contributed by atoms with Gasteiger partial charge in [-0.2, -0.15) is 0 Å². The number of carbonyl (C=O) groups excluding carboxylic acids is 2. The van der Waals surface area contributed by atoms with Crippen molar-refractivity contribution in [2.45, 2.75) is 38.6 Å². The highest BCUT2D eigenvalue weighted by Crippen LogP contribution is 2.27. The molecule has 130 valence electrons. The van der Waals surface area contributed by atoms with Crippen LogP contribution in [0.5, 0.6) is 0 Å². The monoisotopic (exact) mass is 329 g/mol. The number of aryl methyl sites for hydroxylation is 1. The van der Waals surface area contributed by atoms with Crippen molar-refractivity contribution in [1.29, 1.82) is 0 Å². The van der Waals surface area contributed by atoms with E-state index in [2.05, 4.69) is 10.6 Å². The highest BCUT2D eigenvalue weighted by Gasteiger charge is 2.25. The van der Waals surface area contributed by atoms with Gasteiger partial charge in [-0.3, -0.25) is 9.59 Å². The Labute approximate surface area is 143 Å². The molecule has 1 aliphatic carbocycles. The van der Waals surface area contributed by atoms with Crippen LogP contribution in [0.15, 0.2) is 24.3 Å². The van der Waals surface area contributed by atoms with Crippen molar-refractivity contribution in [2.75, 3.05) is 26.2 Å². The van der Waals surface area contributed by atoms with Gasteiger partial charge in [0.2, 0.25) is 5.91 Å². The second-order valence-electron chi connectivity index (χ2n) is 7.02. The Hall–Kier alpha value is -1.88. The maximum Gasteiger partial charge on any atom is 0.251 e. The summed E-state index contributed by atoms with van der Waals surface area (Å²) in [7, 11) is 0. The zero-order valence-corrected chi connectivity index (χ0v) is 14.4. The smallest absolute Gasteiger partial charge is 0.251 e. The van der Waals surface area contributed by atoms with Crippen LogP contribution in [0.2, 0.25) is 0 Å². The van der Waals surface area contributed by atoms with E-state index in [1.54, 1.807) is 0 Å². The minimum absolute atomic E-state index is 0.0102. The molecule has 2 N–H and O–H groups in total. The summed E-state index contributed by atoms with van der Waals surface area (Å²) in [6.07, 6.45) is 4.25. The lowest BCUT2D eigenvalue weighted by Crippen LogP contribution is -2.48. The van der Waals surface area contributed by atoms with Crippen LogP contribution in [-0.4, -0.2) is 48.9 Å². The SMILES string of the molecule is Cc1ccccc1C(=O)NC1CCN(C(=O)CNCC2CC2)CC1. The van der Waals surface area contributed by atoms with Crippen LogP contribution in [-0.2, 0) is 4.79 Å². The third kappa shape index (κ3) is 4.57. The molecule has 1 aliphatic heterocycles. The number of hydrogen-bond acceptors (Lipinski definition) is 3. The topological polar surface area (TPSA) is 61.4 Å². The van der Waals surface area contributed by atoms with Crippen LogP contribution in [0.1, 0.15) is 41.6 Å². The largest absolute Gasteiger partial charge is 0.349 e. The number of likely N-dealkylation sites (tertiary alicyclic amines) is 1. The van der Waals surface area contributed by atoms with Gasteiger partial charge >= 0.3 is 0 Å². The first-order valence-electron chi connectivity index (χ1n) is 8.98. The number of hydrogen-bond donors (Lipinski definition) is 2. The van der Waals surface area contributed by atoms with E-state index < -0.39 is 0 Å². The number of nitrogens with one attached hydrogen (secondary N) is 2. The molecule has 0 radical (unpaired) electrons. The van der Waals surface area contributed by atoms with Gasteiger partial charge in [0.25, 0.3) is 5.91 Å². The van der Waals surface area contributed by atoms with Gasteiger partial charge in [-0.05, 0) is 56.7 Å². The van der Waals surface area contributed by atoms with E-state index in [9.17, 15) is 9.59 Å². The Morgan fingerprint density at radius 3 is 2.50 bits per heavy atom. The van der Waals surface area contributed by atoms with Crippen molar-refractivity contribution in [1.82, 2.24) is 15.5 Å². The van der Waals surface area contributed by atoms with Crippen molar-refractivity contribution in [3.63, 3.8) is 0 Å². The number of nitrogens with zero attached hydrogens (tertiary/aromatic N) is 1. The van der Waals surface area contributed by atoms with E-state index in [-0.39, 0.29) is 17.9 Å². The minimum Gasteiger partial charge on any atom is -0.349 e. The summed E-state index contributed by atoms with van der Waals surface area (Å²) in [6.45, 7) is 4.81. The molecular formula is C19H27N3O2. The molecule has 2 aliphatic rings. The lowest BCUT2D eigenvalue weighted by Gasteiger charge is -2.32.